The maximum atomic E-state index is 12.9. The van der Waals surface area contributed by atoms with E-state index >= 15 is 0 Å². The molecule has 0 saturated heterocycles. The number of sulfonamides is 1. The number of fused-ring (bicyclic) bond motifs is 1. The molecule has 33 heavy (non-hydrogen) atoms. The summed E-state index contributed by atoms with van der Waals surface area (Å²) >= 11 is 0. The van der Waals surface area contributed by atoms with Crippen LogP contribution in [-0.4, -0.2) is 57.4 Å². The Labute approximate surface area is 194 Å². The number of methoxy groups -OCH3 is 1. The van der Waals surface area contributed by atoms with E-state index in [0.29, 0.717) is 30.3 Å². The van der Waals surface area contributed by atoms with Crippen molar-refractivity contribution in [3.63, 3.8) is 0 Å². The summed E-state index contributed by atoms with van der Waals surface area (Å²) < 4.78 is 38.0. The summed E-state index contributed by atoms with van der Waals surface area (Å²) in [6.07, 6.45) is -0.645. The fourth-order valence-corrected chi connectivity index (χ4v) is 5.16. The highest BCUT2D eigenvalue weighted by Crippen LogP contribution is 2.34. The molecule has 0 fully saturated rings. The lowest BCUT2D eigenvalue weighted by Crippen LogP contribution is -2.45. The summed E-state index contributed by atoms with van der Waals surface area (Å²) in [4.78, 5) is 26.9. The first-order valence-electron chi connectivity index (χ1n) is 10.8. The lowest BCUT2D eigenvalue weighted by Gasteiger charge is -2.32. The number of nitrogens with one attached hydrogen (secondary N) is 1. The van der Waals surface area contributed by atoms with Gasteiger partial charge in [-0.1, -0.05) is 26.0 Å². The quantitative estimate of drug-likeness (QED) is 0.598. The molecule has 1 unspecified atom stereocenters. The topological polar surface area (TPSA) is 105 Å². The third-order valence-corrected chi connectivity index (χ3v) is 7.47. The highest BCUT2D eigenvalue weighted by atomic mass is 32.2. The summed E-state index contributed by atoms with van der Waals surface area (Å²) in [5.74, 6) is 0.311. The fourth-order valence-electron chi connectivity index (χ4n) is 3.67. The molecule has 9 nitrogen and oxygen atoms in total. The monoisotopic (exact) mass is 475 g/mol. The van der Waals surface area contributed by atoms with Crippen LogP contribution in [0.3, 0.4) is 0 Å². The van der Waals surface area contributed by atoms with E-state index in [1.807, 2.05) is 6.07 Å². The Morgan fingerprint density at radius 3 is 2.55 bits per heavy atom. The molecule has 0 aliphatic carbocycles. The molecular formula is C23H29N3O6S. The van der Waals surface area contributed by atoms with Crippen molar-refractivity contribution in [2.45, 2.75) is 38.2 Å². The van der Waals surface area contributed by atoms with Gasteiger partial charge in [0.25, 0.3) is 5.91 Å². The van der Waals surface area contributed by atoms with Crippen LogP contribution in [0.25, 0.3) is 0 Å². The highest BCUT2D eigenvalue weighted by molar-refractivity contribution is 7.89. The molecule has 0 aromatic heterocycles. The molecule has 1 aliphatic rings. The van der Waals surface area contributed by atoms with Crippen molar-refractivity contribution in [1.29, 1.82) is 0 Å². The second kappa shape index (κ2) is 10.2. The van der Waals surface area contributed by atoms with Crippen LogP contribution < -0.4 is 19.7 Å². The summed E-state index contributed by atoms with van der Waals surface area (Å²) in [7, 11) is -2.26. The van der Waals surface area contributed by atoms with E-state index in [1.54, 1.807) is 39.0 Å². The minimum Gasteiger partial charge on any atom is -0.495 e. The van der Waals surface area contributed by atoms with Crippen LogP contribution in [0.2, 0.25) is 0 Å². The lowest BCUT2D eigenvalue weighted by molar-refractivity contribution is -0.125. The van der Waals surface area contributed by atoms with Gasteiger partial charge in [0.2, 0.25) is 15.9 Å². The second-order valence-corrected chi connectivity index (χ2v) is 9.41. The predicted octanol–water partition coefficient (Wildman–Crippen LogP) is 2.87. The van der Waals surface area contributed by atoms with Crippen LogP contribution in [0.15, 0.2) is 47.4 Å². The van der Waals surface area contributed by atoms with E-state index in [1.165, 1.54) is 34.5 Å². The number of ether oxygens (including phenoxy) is 2. The van der Waals surface area contributed by atoms with Crippen LogP contribution in [0.5, 0.6) is 11.5 Å². The van der Waals surface area contributed by atoms with Crippen LogP contribution in [0.4, 0.5) is 11.4 Å². The molecule has 2 aromatic rings. The van der Waals surface area contributed by atoms with E-state index in [4.69, 9.17) is 9.47 Å². The van der Waals surface area contributed by atoms with Crippen molar-refractivity contribution < 1.29 is 27.5 Å². The van der Waals surface area contributed by atoms with Gasteiger partial charge in [0, 0.05) is 26.1 Å². The number of hydrogen-bond acceptors (Lipinski definition) is 6. The number of amides is 2. The number of carbonyl (C=O) groups excluding carboxylic acids is 2. The first kappa shape index (κ1) is 24.5. The van der Waals surface area contributed by atoms with Gasteiger partial charge < -0.3 is 19.7 Å². The maximum absolute atomic E-state index is 12.9. The Bertz CT molecular complexity index is 1130. The lowest BCUT2D eigenvalue weighted by atomic mass is 10.1. The molecule has 1 heterocycles. The molecule has 3 rings (SSSR count). The molecule has 1 N–H and O–H groups in total. The maximum Gasteiger partial charge on any atom is 0.267 e. The molecule has 0 spiro atoms. The number of nitrogens with zero attached hydrogens (tertiary/aromatic N) is 2. The summed E-state index contributed by atoms with van der Waals surface area (Å²) in [5, 5.41) is 2.72. The van der Waals surface area contributed by atoms with Crippen molar-refractivity contribution in [3.8, 4) is 11.5 Å². The summed E-state index contributed by atoms with van der Waals surface area (Å²) in [5.41, 5.74) is 0.857. The van der Waals surface area contributed by atoms with Crippen molar-refractivity contribution in [2.24, 2.45) is 0 Å². The van der Waals surface area contributed by atoms with Crippen LogP contribution in [0.1, 0.15) is 27.2 Å². The number of para-hydroxylation sites is 2. The SMILES string of the molecule is CCN(CC)S(=O)(=O)c1ccc(OC)c(NC(=O)CCN2C(=O)C(C)Oc3ccccc32)c1. The molecule has 178 valence electrons. The highest BCUT2D eigenvalue weighted by Gasteiger charge is 2.31. The number of benzene rings is 2. The molecule has 0 saturated carbocycles. The number of hydrogen-bond donors (Lipinski definition) is 1. The molecule has 10 heteroatoms. The van der Waals surface area contributed by atoms with Crippen molar-refractivity contribution in [3.05, 3.63) is 42.5 Å². The first-order valence-corrected chi connectivity index (χ1v) is 12.2. The predicted molar refractivity (Wildman–Crippen MR) is 125 cm³/mol. The minimum absolute atomic E-state index is 0.00295. The van der Waals surface area contributed by atoms with Crippen LogP contribution in [-0.2, 0) is 19.6 Å². The standard InChI is InChI=1S/C23H29N3O6S/c1-5-25(6-2)33(29,30)17-11-12-20(31-4)18(15-17)24-22(27)13-14-26-19-9-7-8-10-21(19)32-16(3)23(26)28/h7-12,15-16H,5-6,13-14H2,1-4H3,(H,24,27). The zero-order valence-corrected chi connectivity index (χ0v) is 20.0. The van der Waals surface area contributed by atoms with Gasteiger partial charge >= 0.3 is 0 Å². The van der Waals surface area contributed by atoms with E-state index < -0.39 is 16.1 Å². The molecule has 1 aliphatic heterocycles. The van der Waals surface area contributed by atoms with Crippen molar-refractivity contribution in [2.75, 3.05) is 37.0 Å². The second-order valence-electron chi connectivity index (χ2n) is 7.47. The smallest absolute Gasteiger partial charge is 0.267 e. The van der Waals surface area contributed by atoms with Gasteiger partial charge in [-0.3, -0.25) is 9.59 Å². The Morgan fingerprint density at radius 1 is 1.18 bits per heavy atom. The van der Waals surface area contributed by atoms with E-state index in [-0.39, 0.29) is 35.4 Å². The van der Waals surface area contributed by atoms with Crippen molar-refractivity contribution in [1.82, 2.24) is 4.31 Å². The largest absolute Gasteiger partial charge is 0.495 e. The Balaban J connectivity index is 1.77. The normalized spacial score (nSPS) is 15.7. The van der Waals surface area contributed by atoms with Crippen molar-refractivity contribution >= 4 is 33.2 Å². The molecule has 2 aromatic carbocycles. The van der Waals surface area contributed by atoms with Crippen LogP contribution >= 0.6 is 0 Å². The van der Waals surface area contributed by atoms with Gasteiger partial charge in [0.05, 0.1) is 23.4 Å². The third kappa shape index (κ3) is 5.12. The third-order valence-electron chi connectivity index (χ3n) is 5.42. The summed E-state index contributed by atoms with van der Waals surface area (Å²) in [6.45, 7) is 6.01. The molecule has 1 atom stereocenters. The average molecular weight is 476 g/mol. The molecule has 0 radical (unpaired) electrons. The van der Waals surface area contributed by atoms with E-state index in [9.17, 15) is 18.0 Å². The Morgan fingerprint density at radius 2 is 1.88 bits per heavy atom. The number of rotatable bonds is 9. The van der Waals surface area contributed by atoms with Gasteiger partial charge in [0.1, 0.15) is 11.5 Å². The average Bonchev–Trinajstić information content (AvgIpc) is 2.80. The van der Waals surface area contributed by atoms with Gasteiger partial charge in [-0.05, 0) is 37.3 Å². The van der Waals surface area contributed by atoms with Gasteiger partial charge in [-0.25, -0.2) is 8.42 Å². The number of anilines is 2. The Kier molecular flexibility index (Phi) is 7.60. The zero-order chi connectivity index (χ0) is 24.2. The Hall–Kier alpha value is -3.11. The van der Waals surface area contributed by atoms with E-state index in [2.05, 4.69) is 5.32 Å². The van der Waals surface area contributed by atoms with Gasteiger partial charge in [-0.2, -0.15) is 4.31 Å². The fraction of sp³-hybridized carbons (Fsp3) is 0.391. The number of carbonyl (C=O) groups is 2. The minimum atomic E-state index is -3.70. The van der Waals surface area contributed by atoms with E-state index in [0.717, 1.165) is 0 Å². The summed E-state index contributed by atoms with van der Waals surface area (Å²) in [6, 6.07) is 11.5. The van der Waals surface area contributed by atoms with Gasteiger partial charge in [0.15, 0.2) is 6.10 Å². The van der Waals surface area contributed by atoms with Gasteiger partial charge in [-0.15, -0.1) is 0 Å². The van der Waals surface area contributed by atoms with Crippen LogP contribution in [0, 0.1) is 0 Å². The molecule has 0 bridgehead atoms. The molecular weight excluding hydrogens is 446 g/mol. The first-order chi connectivity index (χ1) is 15.7. The molecule has 2 amide bonds. The zero-order valence-electron chi connectivity index (χ0n) is 19.2.